The van der Waals surface area contributed by atoms with Crippen LogP contribution in [-0.2, 0) is 11.2 Å². The van der Waals surface area contributed by atoms with Gasteiger partial charge >= 0.3 is 0 Å². The van der Waals surface area contributed by atoms with Crippen molar-refractivity contribution in [3.8, 4) is 0 Å². The molecule has 2 aliphatic rings. The molecule has 114 valence electrons. The van der Waals surface area contributed by atoms with Gasteiger partial charge in [-0.3, -0.25) is 19.7 Å². The molecule has 1 amide bonds. The van der Waals surface area contributed by atoms with Gasteiger partial charge in [-0.15, -0.1) is 0 Å². The molecule has 1 aromatic rings. The molecule has 3 heterocycles. The lowest BCUT2D eigenvalue weighted by atomic mass is 10.0. The molecule has 0 radical (unpaired) electrons. The predicted molar refractivity (Wildman–Crippen MR) is 77.5 cm³/mol. The number of aliphatic hydroxyl groups excluding tert-OH is 1. The van der Waals surface area contributed by atoms with Crippen LogP contribution in [0.4, 0.5) is 0 Å². The van der Waals surface area contributed by atoms with E-state index in [4.69, 9.17) is 0 Å². The van der Waals surface area contributed by atoms with Crippen LogP contribution in [0.15, 0.2) is 18.6 Å². The first-order valence-corrected chi connectivity index (χ1v) is 7.65. The van der Waals surface area contributed by atoms with Crippen molar-refractivity contribution in [3.63, 3.8) is 0 Å². The Bertz CT molecular complexity index is 482. The van der Waals surface area contributed by atoms with Gasteiger partial charge in [0, 0.05) is 63.7 Å². The summed E-state index contributed by atoms with van der Waals surface area (Å²) in [5, 5.41) is 10.2. The summed E-state index contributed by atoms with van der Waals surface area (Å²) in [6.45, 7) is 4.06. The molecule has 0 unspecified atom stereocenters. The molecule has 1 N–H and O–H groups in total. The highest BCUT2D eigenvalue weighted by Crippen LogP contribution is 2.20. The number of aromatic nitrogens is 2. The summed E-state index contributed by atoms with van der Waals surface area (Å²) in [5.41, 5.74) is 0.929. The SMILES string of the molecule is O=C1CCCN1CCN1C[C@@H](Cc2cnccn2)[C@H](O)C1. The first-order valence-electron chi connectivity index (χ1n) is 7.65. The van der Waals surface area contributed by atoms with Crippen LogP contribution in [0.1, 0.15) is 18.5 Å². The second kappa shape index (κ2) is 6.49. The van der Waals surface area contributed by atoms with E-state index in [1.54, 1.807) is 18.6 Å². The fourth-order valence-electron chi connectivity index (χ4n) is 3.23. The number of carbonyl (C=O) groups excluding carboxylic acids is 1. The fourth-order valence-corrected chi connectivity index (χ4v) is 3.23. The standard InChI is InChI=1S/C15H22N4O2/c20-14-11-18(6-7-19-5-1-2-15(19)21)10-12(14)8-13-9-16-3-4-17-13/h3-4,9,12,14,20H,1-2,5-8,10-11H2/t12-,14-/m1/s1. The van der Waals surface area contributed by atoms with Crippen LogP contribution >= 0.6 is 0 Å². The smallest absolute Gasteiger partial charge is 0.222 e. The quantitative estimate of drug-likeness (QED) is 0.822. The molecular weight excluding hydrogens is 268 g/mol. The van der Waals surface area contributed by atoms with Crippen molar-refractivity contribution in [3.05, 3.63) is 24.3 Å². The number of amides is 1. The number of rotatable bonds is 5. The minimum absolute atomic E-state index is 0.205. The van der Waals surface area contributed by atoms with E-state index in [2.05, 4.69) is 14.9 Å². The molecule has 2 fully saturated rings. The summed E-state index contributed by atoms with van der Waals surface area (Å²) < 4.78 is 0. The van der Waals surface area contributed by atoms with Crippen molar-refractivity contribution in [1.29, 1.82) is 0 Å². The zero-order valence-electron chi connectivity index (χ0n) is 12.2. The topological polar surface area (TPSA) is 69.6 Å². The molecule has 2 atom stereocenters. The summed E-state index contributed by atoms with van der Waals surface area (Å²) in [7, 11) is 0. The van der Waals surface area contributed by atoms with Gasteiger partial charge in [-0.2, -0.15) is 0 Å². The van der Waals surface area contributed by atoms with Gasteiger partial charge in [-0.25, -0.2) is 0 Å². The maximum absolute atomic E-state index is 11.6. The molecule has 21 heavy (non-hydrogen) atoms. The Morgan fingerprint density at radius 3 is 2.90 bits per heavy atom. The molecule has 3 rings (SSSR count). The first-order chi connectivity index (χ1) is 10.2. The second-order valence-corrected chi connectivity index (χ2v) is 5.97. The molecule has 2 aliphatic heterocycles. The highest BCUT2D eigenvalue weighted by molar-refractivity contribution is 5.78. The van der Waals surface area contributed by atoms with Gasteiger partial charge in [0.2, 0.25) is 5.91 Å². The molecule has 0 aliphatic carbocycles. The zero-order valence-corrected chi connectivity index (χ0v) is 12.2. The van der Waals surface area contributed by atoms with Gasteiger partial charge in [0.1, 0.15) is 0 Å². The summed E-state index contributed by atoms with van der Waals surface area (Å²) in [5.74, 6) is 0.474. The lowest BCUT2D eigenvalue weighted by Crippen LogP contribution is -2.35. The maximum atomic E-state index is 11.6. The number of hydrogen-bond acceptors (Lipinski definition) is 5. The molecule has 1 aromatic heterocycles. The minimum atomic E-state index is -0.318. The average Bonchev–Trinajstić information content (AvgIpc) is 3.04. The monoisotopic (exact) mass is 290 g/mol. The number of likely N-dealkylation sites (tertiary alicyclic amines) is 2. The number of carbonyl (C=O) groups is 1. The molecule has 0 bridgehead atoms. The highest BCUT2D eigenvalue weighted by Gasteiger charge is 2.32. The van der Waals surface area contributed by atoms with E-state index in [9.17, 15) is 9.90 Å². The van der Waals surface area contributed by atoms with Crippen LogP contribution in [0, 0.1) is 5.92 Å². The van der Waals surface area contributed by atoms with E-state index in [1.165, 1.54) is 0 Å². The third-order valence-corrected chi connectivity index (χ3v) is 4.43. The van der Waals surface area contributed by atoms with Crippen LogP contribution in [-0.4, -0.2) is 69.6 Å². The van der Waals surface area contributed by atoms with Gasteiger partial charge in [-0.05, 0) is 12.8 Å². The van der Waals surface area contributed by atoms with E-state index < -0.39 is 0 Å². The third-order valence-electron chi connectivity index (χ3n) is 4.43. The van der Waals surface area contributed by atoms with Crippen LogP contribution in [0.2, 0.25) is 0 Å². The Kier molecular flexibility index (Phi) is 4.45. The van der Waals surface area contributed by atoms with E-state index >= 15 is 0 Å². The summed E-state index contributed by atoms with van der Waals surface area (Å²) in [4.78, 5) is 24.1. The predicted octanol–water partition coefficient (Wildman–Crippen LogP) is -0.0658. The van der Waals surface area contributed by atoms with Gasteiger partial charge in [0.05, 0.1) is 11.8 Å². The second-order valence-electron chi connectivity index (χ2n) is 5.97. The van der Waals surface area contributed by atoms with Crippen molar-refractivity contribution in [2.24, 2.45) is 5.92 Å². The molecule has 2 saturated heterocycles. The van der Waals surface area contributed by atoms with Crippen LogP contribution in [0.25, 0.3) is 0 Å². The Morgan fingerprint density at radius 2 is 2.19 bits per heavy atom. The summed E-state index contributed by atoms with van der Waals surface area (Å²) in [6.07, 6.45) is 7.23. The normalized spacial score (nSPS) is 26.7. The fraction of sp³-hybridized carbons (Fsp3) is 0.667. The van der Waals surface area contributed by atoms with Crippen molar-refractivity contribution in [1.82, 2.24) is 19.8 Å². The van der Waals surface area contributed by atoms with Crippen molar-refractivity contribution in [2.75, 3.05) is 32.7 Å². The lowest BCUT2D eigenvalue weighted by molar-refractivity contribution is -0.127. The molecule has 0 aromatic carbocycles. The van der Waals surface area contributed by atoms with Gasteiger partial charge in [0.15, 0.2) is 0 Å². The van der Waals surface area contributed by atoms with Crippen molar-refractivity contribution < 1.29 is 9.90 Å². The molecule has 0 spiro atoms. The van der Waals surface area contributed by atoms with Gasteiger partial charge in [-0.1, -0.05) is 0 Å². The van der Waals surface area contributed by atoms with Crippen molar-refractivity contribution >= 4 is 5.91 Å². The Morgan fingerprint density at radius 1 is 1.29 bits per heavy atom. The third kappa shape index (κ3) is 3.57. The zero-order chi connectivity index (χ0) is 14.7. The largest absolute Gasteiger partial charge is 0.391 e. The summed E-state index contributed by atoms with van der Waals surface area (Å²) in [6, 6.07) is 0. The van der Waals surface area contributed by atoms with E-state index in [1.807, 2.05) is 4.90 Å². The highest BCUT2D eigenvalue weighted by atomic mass is 16.3. The Hall–Kier alpha value is -1.53. The van der Waals surface area contributed by atoms with Crippen LogP contribution < -0.4 is 0 Å². The summed E-state index contributed by atoms with van der Waals surface area (Å²) >= 11 is 0. The first kappa shape index (κ1) is 14.4. The molecule has 0 saturated carbocycles. The van der Waals surface area contributed by atoms with Gasteiger partial charge in [0.25, 0.3) is 0 Å². The van der Waals surface area contributed by atoms with Crippen molar-refractivity contribution in [2.45, 2.75) is 25.4 Å². The van der Waals surface area contributed by atoms with E-state index in [0.29, 0.717) is 13.0 Å². The number of nitrogens with zero attached hydrogens (tertiary/aromatic N) is 4. The molecule has 6 heteroatoms. The van der Waals surface area contributed by atoms with Gasteiger partial charge < -0.3 is 10.0 Å². The Labute approximate surface area is 124 Å². The molecule has 6 nitrogen and oxygen atoms in total. The van der Waals surface area contributed by atoms with E-state index in [0.717, 1.165) is 44.7 Å². The maximum Gasteiger partial charge on any atom is 0.222 e. The van der Waals surface area contributed by atoms with Crippen LogP contribution in [0.5, 0.6) is 0 Å². The number of β-amino-alcohol motifs (C(OH)–C–C–N with tert-alkyl or cyclic N) is 1. The minimum Gasteiger partial charge on any atom is -0.391 e. The van der Waals surface area contributed by atoms with E-state index in [-0.39, 0.29) is 17.9 Å². The van der Waals surface area contributed by atoms with Crippen LogP contribution in [0.3, 0.4) is 0 Å². The average molecular weight is 290 g/mol. The number of aliphatic hydroxyl groups is 1. The number of hydrogen-bond donors (Lipinski definition) is 1. The Balaban J connectivity index is 1.48. The molecular formula is C15H22N4O2. The lowest BCUT2D eigenvalue weighted by Gasteiger charge is -2.21.